The van der Waals surface area contributed by atoms with Gasteiger partial charge in [0.15, 0.2) is 5.41 Å². The van der Waals surface area contributed by atoms with Crippen molar-refractivity contribution in [1.29, 1.82) is 5.26 Å². The van der Waals surface area contributed by atoms with E-state index in [4.69, 9.17) is 10.4 Å². The van der Waals surface area contributed by atoms with E-state index in [0.29, 0.717) is 5.56 Å². The number of nitrogens with zero attached hydrogens (tertiary/aromatic N) is 1. The smallest absolute Gasteiger partial charge is 0.328 e. The highest BCUT2D eigenvalue weighted by Crippen LogP contribution is 2.26. The van der Waals surface area contributed by atoms with E-state index in [-0.39, 0.29) is 0 Å². The average Bonchev–Trinajstić information content (AvgIpc) is 2.17. The van der Waals surface area contributed by atoms with E-state index in [1.54, 1.807) is 25.1 Å². The lowest BCUT2D eigenvalue weighted by Crippen LogP contribution is -2.31. The molecule has 0 bridgehead atoms. The first-order valence-corrected chi connectivity index (χ1v) is 4.23. The van der Waals surface area contributed by atoms with Crippen LogP contribution in [0.3, 0.4) is 0 Å². The zero-order chi connectivity index (χ0) is 10.8. The van der Waals surface area contributed by atoms with Gasteiger partial charge in [-0.2, -0.15) is 5.26 Å². The van der Waals surface area contributed by atoms with Gasteiger partial charge in [-0.3, -0.25) is 4.79 Å². The van der Waals surface area contributed by atoms with Crippen LogP contribution in [0.15, 0.2) is 24.3 Å². The number of hydrogen-bond donors (Lipinski definition) is 1. The highest BCUT2D eigenvalue weighted by atomic mass is 16.4. The standard InChI is InChI=1S/C11H11NO2/c1-8-5-3-4-6-9(8)11(2,7-12)10(13)14/h3-6H,1-2H3,(H,13,14). The number of aliphatic carboxylic acids is 1. The van der Waals surface area contributed by atoms with Crippen LogP contribution < -0.4 is 0 Å². The molecule has 1 atom stereocenters. The van der Waals surface area contributed by atoms with E-state index in [0.717, 1.165) is 5.56 Å². The number of carbonyl (C=O) groups is 1. The van der Waals surface area contributed by atoms with Crippen molar-refractivity contribution in [1.82, 2.24) is 0 Å². The molecule has 0 aliphatic carbocycles. The van der Waals surface area contributed by atoms with Gasteiger partial charge in [-0.05, 0) is 25.0 Å². The Hall–Kier alpha value is -1.82. The van der Waals surface area contributed by atoms with Crippen LogP contribution in [0.4, 0.5) is 0 Å². The Morgan fingerprint density at radius 3 is 2.50 bits per heavy atom. The summed E-state index contributed by atoms with van der Waals surface area (Å²) in [4.78, 5) is 11.0. The van der Waals surface area contributed by atoms with Gasteiger partial charge in [-0.25, -0.2) is 0 Å². The molecule has 0 aliphatic heterocycles. The largest absolute Gasteiger partial charge is 0.480 e. The van der Waals surface area contributed by atoms with Crippen LogP contribution in [0.25, 0.3) is 0 Å². The maximum atomic E-state index is 11.0. The Labute approximate surface area is 82.6 Å². The van der Waals surface area contributed by atoms with Crippen molar-refractivity contribution in [2.45, 2.75) is 19.3 Å². The summed E-state index contributed by atoms with van der Waals surface area (Å²) in [5, 5.41) is 17.9. The Balaban J connectivity index is 3.36. The average molecular weight is 189 g/mol. The van der Waals surface area contributed by atoms with E-state index in [2.05, 4.69) is 0 Å². The summed E-state index contributed by atoms with van der Waals surface area (Å²) >= 11 is 0. The molecule has 0 aromatic heterocycles. The van der Waals surface area contributed by atoms with Gasteiger partial charge in [-0.15, -0.1) is 0 Å². The molecule has 3 nitrogen and oxygen atoms in total. The highest BCUT2D eigenvalue weighted by molar-refractivity contribution is 5.85. The van der Waals surface area contributed by atoms with Crippen LogP contribution in [0, 0.1) is 18.3 Å². The summed E-state index contributed by atoms with van der Waals surface area (Å²) in [6.45, 7) is 3.21. The fourth-order valence-corrected chi connectivity index (χ4v) is 1.36. The van der Waals surface area contributed by atoms with Gasteiger partial charge in [0, 0.05) is 0 Å². The number of carboxylic acid groups (broad SMARTS) is 1. The molecule has 72 valence electrons. The van der Waals surface area contributed by atoms with Crippen molar-refractivity contribution >= 4 is 5.97 Å². The molecule has 0 radical (unpaired) electrons. The minimum atomic E-state index is -1.45. The quantitative estimate of drug-likeness (QED) is 0.772. The van der Waals surface area contributed by atoms with E-state index in [9.17, 15) is 4.79 Å². The molecule has 0 fully saturated rings. The first-order chi connectivity index (χ1) is 6.52. The lowest BCUT2D eigenvalue weighted by atomic mass is 9.82. The van der Waals surface area contributed by atoms with Crippen LogP contribution in [0.1, 0.15) is 18.1 Å². The molecule has 0 heterocycles. The fourth-order valence-electron chi connectivity index (χ4n) is 1.36. The number of benzene rings is 1. The van der Waals surface area contributed by atoms with Gasteiger partial charge in [0.1, 0.15) is 0 Å². The van der Waals surface area contributed by atoms with Crippen LogP contribution in [-0.2, 0) is 10.2 Å². The molecule has 0 spiro atoms. The van der Waals surface area contributed by atoms with Gasteiger partial charge < -0.3 is 5.11 Å². The second kappa shape index (κ2) is 3.51. The second-order valence-electron chi connectivity index (χ2n) is 3.36. The highest BCUT2D eigenvalue weighted by Gasteiger charge is 2.36. The first-order valence-electron chi connectivity index (χ1n) is 4.23. The molecule has 0 amide bonds. The third kappa shape index (κ3) is 1.47. The molecule has 1 aromatic rings. The Bertz CT molecular complexity index is 406. The number of carboxylic acids is 1. The summed E-state index contributed by atoms with van der Waals surface area (Å²) in [5.74, 6) is -1.12. The van der Waals surface area contributed by atoms with E-state index >= 15 is 0 Å². The summed E-state index contributed by atoms with van der Waals surface area (Å²) in [6.07, 6.45) is 0. The summed E-state index contributed by atoms with van der Waals surface area (Å²) < 4.78 is 0. The van der Waals surface area contributed by atoms with Crippen molar-refractivity contribution in [3.8, 4) is 6.07 Å². The van der Waals surface area contributed by atoms with Gasteiger partial charge >= 0.3 is 5.97 Å². The summed E-state index contributed by atoms with van der Waals surface area (Å²) in [7, 11) is 0. The van der Waals surface area contributed by atoms with Crippen LogP contribution >= 0.6 is 0 Å². The van der Waals surface area contributed by atoms with Gasteiger partial charge in [-0.1, -0.05) is 24.3 Å². The maximum absolute atomic E-state index is 11.0. The molecule has 1 rings (SSSR count). The minimum Gasteiger partial charge on any atom is -0.480 e. The monoisotopic (exact) mass is 189 g/mol. The van der Waals surface area contributed by atoms with Gasteiger partial charge in [0.2, 0.25) is 0 Å². The topological polar surface area (TPSA) is 61.1 Å². The fraction of sp³-hybridized carbons (Fsp3) is 0.273. The molecular weight excluding hydrogens is 178 g/mol. The normalized spacial score (nSPS) is 14.1. The van der Waals surface area contributed by atoms with Crippen molar-refractivity contribution < 1.29 is 9.90 Å². The molecule has 3 heteroatoms. The number of nitriles is 1. The molecule has 14 heavy (non-hydrogen) atoms. The Morgan fingerprint density at radius 1 is 1.50 bits per heavy atom. The first kappa shape index (κ1) is 10.3. The maximum Gasteiger partial charge on any atom is 0.328 e. The van der Waals surface area contributed by atoms with Crippen LogP contribution in [-0.4, -0.2) is 11.1 Å². The zero-order valence-electron chi connectivity index (χ0n) is 8.11. The van der Waals surface area contributed by atoms with Crippen molar-refractivity contribution in [3.05, 3.63) is 35.4 Å². The molecule has 1 unspecified atom stereocenters. The molecule has 1 N–H and O–H groups in total. The number of rotatable bonds is 2. The third-order valence-corrected chi connectivity index (χ3v) is 2.34. The number of hydrogen-bond acceptors (Lipinski definition) is 2. The molecular formula is C11H11NO2. The van der Waals surface area contributed by atoms with Crippen LogP contribution in [0.5, 0.6) is 0 Å². The number of aryl methyl sites for hydroxylation is 1. The van der Waals surface area contributed by atoms with E-state index in [1.807, 2.05) is 12.1 Å². The van der Waals surface area contributed by atoms with E-state index < -0.39 is 11.4 Å². The minimum absolute atomic E-state index is 0.551. The second-order valence-corrected chi connectivity index (χ2v) is 3.36. The molecule has 0 aliphatic rings. The zero-order valence-corrected chi connectivity index (χ0v) is 8.11. The van der Waals surface area contributed by atoms with Crippen molar-refractivity contribution in [2.75, 3.05) is 0 Å². The van der Waals surface area contributed by atoms with Crippen molar-refractivity contribution in [3.63, 3.8) is 0 Å². The Morgan fingerprint density at radius 2 is 2.07 bits per heavy atom. The summed E-state index contributed by atoms with van der Waals surface area (Å²) in [6, 6.07) is 8.86. The SMILES string of the molecule is Cc1ccccc1C(C)(C#N)C(=O)O. The Kier molecular flexibility index (Phi) is 2.57. The lowest BCUT2D eigenvalue weighted by Gasteiger charge is -2.18. The molecule has 0 saturated heterocycles. The predicted molar refractivity (Wildman–Crippen MR) is 51.8 cm³/mol. The predicted octanol–water partition coefficient (Wildman–Crippen LogP) is 1.86. The lowest BCUT2D eigenvalue weighted by molar-refractivity contribution is -0.141. The summed E-state index contributed by atoms with van der Waals surface area (Å²) in [5.41, 5.74) is -0.0836. The third-order valence-electron chi connectivity index (χ3n) is 2.34. The van der Waals surface area contributed by atoms with Gasteiger partial charge in [0.25, 0.3) is 0 Å². The molecule has 0 saturated carbocycles. The van der Waals surface area contributed by atoms with Crippen LogP contribution in [0.2, 0.25) is 0 Å². The van der Waals surface area contributed by atoms with Gasteiger partial charge in [0.05, 0.1) is 6.07 Å². The van der Waals surface area contributed by atoms with E-state index in [1.165, 1.54) is 6.92 Å². The molecule has 1 aromatic carbocycles. The van der Waals surface area contributed by atoms with Crippen molar-refractivity contribution in [2.24, 2.45) is 0 Å².